The lowest BCUT2D eigenvalue weighted by molar-refractivity contribution is -0.127. The summed E-state index contributed by atoms with van der Waals surface area (Å²) in [5.74, 6) is 0.739. The zero-order chi connectivity index (χ0) is 17.4. The highest BCUT2D eigenvalue weighted by Gasteiger charge is 2.42. The minimum atomic E-state index is -0.242. The Morgan fingerprint density at radius 2 is 2.04 bits per heavy atom. The summed E-state index contributed by atoms with van der Waals surface area (Å²) < 4.78 is 5.84. The average molecular weight is 342 g/mol. The van der Waals surface area contributed by atoms with Crippen molar-refractivity contribution >= 4 is 23.0 Å². The number of piperidine rings is 1. The molecule has 1 saturated heterocycles. The van der Waals surface area contributed by atoms with Crippen LogP contribution in [0.25, 0.3) is 11.1 Å². The number of amides is 1. The van der Waals surface area contributed by atoms with Gasteiger partial charge in [0.1, 0.15) is 5.52 Å². The summed E-state index contributed by atoms with van der Waals surface area (Å²) in [5.41, 5.74) is 7.36. The number of fused-ring (bicyclic) bond motifs is 1. The Labute approximate surface area is 147 Å². The van der Waals surface area contributed by atoms with Gasteiger partial charge in [0.2, 0.25) is 5.91 Å². The van der Waals surface area contributed by atoms with Gasteiger partial charge in [-0.2, -0.15) is 4.98 Å². The lowest BCUT2D eigenvalue weighted by Gasteiger charge is -2.34. The first-order valence-electron chi connectivity index (χ1n) is 9.22. The van der Waals surface area contributed by atoms with Crippen molar-refractivity contribution < 1.29 is 9.21 Å². The molecule has 0 radical (unpaired) electrons. The van der Waals surface area contributed by atoms with Crippen molar-refractivity contribution in [3.63, 3.8) is 0 Å². The van der Waals surface area contributed by atoms with Crippen LogP contribution in [0.4, 0.5) is 6.01 Å². The highest BCUT2D eigenvalue weighted by atomic mass is 16.4. The van der Waals surface area contributed by atoms with Crippen molar-refractivity contribution in [1.29, 1.82) is 0 Å². The molecule has 25 heavy (non-hydrogen) atoms. The molecule has 6 heteroatoms. The molecule has 1 amide bonds. The largest absolute Gasteiger partial charge is 0.423 e. The van der Waals surface area contributed by atoms with Gasteiger partial charge in [-0.1, -0.05) is 12.1 Å². The Morgan fingerprint density at radius 3 is 2.68 bits per heavy atom. The van der Waals surface area contributed by atoms with Crippen molar-refractivity contribution in [1.82, 2.24) is 10.3 Å². The summed E-state index contributed by atoms with van der Waals surface area (Å²) in [4.78, 5) is 19.3. The minimum absolute atomic E-state index is 0.0465. The van der Waals surface area contributed by atoms with E-state index in [4.69, 9.17) is 10.2 Å². The average Bonchev–Trinajstić information content (AvgIpc) is 3.41. The first-order chi connectivity index (χ1) is 12.1. The molecule has 6 nitrogen and oxygen atoms in total. The number of para-hydroxylation sites is 2. The van der Waals surface area contributed by atoms with Gasteiger partial charge < -0.3 is 20.4 Å². The first-order valence-corrected chi connectivity index (χ1v) is 9.22. The molecule has 2 aromatic rings. The van der Waals surface area contributed by atoms with Crippen LogP contribution in [0.1, 0.15) is 32.6 Å². The third-order valence-electron chi connectivity index (χ3n) is 5.73. The third-order valence-corrected chi connectivity index (χ3v) is 5.73. The van der Waals surface area contributed by atoms with Gasteiger partial charge in [0.15, 0.2) is 5.58 Å². The van der Waals surface area contributed by atoms with E-state index in [0.717, 1.165) is 37.0 Å². The molecule has 1 saturated carbocycles. The third kappa shape index (κ3) is 3.23. The number of nitrogens with two attached hydrogens (primary N) is 1. The molecule has 1 aliphatic heterocycles. The fourth-order valence-electron chi connectivity index (χ4n) is 3.75. The van der Waals surface area contributed by atoms with E-state index in [2.05, 4.69) is 22.1 Å². The summed E-state index contributed by atoms with van der Waals surface area (Å²) >= 11 is 0. The second-order valence-corrected chi connectivity index (χ2v) is 7.61. The Kier molecular flexibility index (Phi) is 4.15. The number of benzene rings is 1. The molecule has 0 spiro atoms. The monoisotopic (exact) mass is 342 g/mol. The van der Waals surface area contributed by atoms with Gasteiger partial charge in [-0.25, -0.2) is 0 Å². The van der Waals surface area contributed by atoms with Gasteiger partial charge in [-0.15, -0.1) is 0 Å². The maximum absolute atomic E-state index is 12.7. The van der Waals surface area contributed by atoms with E-state index in [9.17, 15) is 4.79 Å². The van der Waals surface area contributed by atoms with Crippen LogP contribution in [-0.2, 0) is 4.79 Å². The molecule has 2 heterocycles. The summed E-state index contributed by atoms with van der Waals surface area (Å²) in [6, 6.07) is 8.44. The predicted molar refractivity (Wildman–Crippen MR) is 97.3 cm³/mol. The number of oxazole rings is 1. The van der Waals surface area contributed by atoms with Crippen molar-refractivity contribution in [3.8, 4) is 0 Å². The Hall–Kier alpha value is -2.08. The molecule has 2 aliphatic rings. The van der Waals surface area contributed by atoms with Crippen LogP contribution in [0, 0.1) is 11.8 Å². The van der Waals surface area contributed by atoms with Gasteiger partial charge in [0, 0.05) is 25.6 Å². The van der Waals surface area contributed by atoms with Gasteiger partial charge in [-0.05, 0) is 50.7 Å². The second-order valence-electron chi connectivity index (χ2n) is 7.61. The van der Waals surface area contributed by atoms with E-state index < -0.39 is 0 Å². The van der Waals surface area contributed by atoms with Crippen LogP contribution < -0.4 is 16.0 Å². The van der Waals surface area contributed by atoms with E-state index in [-0.39, 0.29) is 17.4 Å². The Morgan fingerprint density at radius 1 is 1.32 bits per heavy atom. The fourth-order valence-corrected chi connectivity index (χ4v) is 3.75. The topological polar surface area (TPSA) is 84.4 Å². The highest BCUT2D eigenvalue weighted by Crippen LogP contribution is 2.39. The quantitative estimate of drug-likeness (QED) is 0.871. The number of aromatic nitrogens is 1. The van der Waals surface area contributed by atoms with E-state index in [1.807, 2.05) is 24.3 Å². The molecular weight excluding hydrogens is 316 g/mol. The number of hydrogen-bond donors (Lipinski definition) is 2. The lowest BCUT2D eigenvalue weighted by Crippen LogP contribution is -2.55. The van der Waals surface area contributed by atoms with Crippen molar-refractivity contribution in [2.75, 3.05) is 24.5 Å². The maximum atomic E-state index is 12.7. The molecule has 1 aromatic carbocycles. The van der Waals surface area contributed by atoms with E-state index >= 15 is 0 Å². The van der Waals surface area contributed by atoms with Crippen molar-refractivity contribution in [2.24, 2.45) is 17.6 Å². The zero-order valence-corrected chi connectivity index (χ0v) is 14.7. The fraction of sp³-hybridized carbons (Fsp3) is 0.579. The summed E-state index contributed by atoms with van der Waals surface area (Å²) in [6.07, 6.45) is 3.97. The Bertz CT molecular complexity index is 729. The van der Waals surface area contributed by atoms with Crippen LogP contribution >= 0.6 is 0 Å². The highest BCUT2D eigenvalue weighted by molar-refractivity contribution is 5.80. The number of carbonyl (C=O) groups is 1. The standard InChI is InChI=1S/C19H26N4O2/c1-19(12-20,14-6-7-14)22-17(24)13-8-10-23(11-9-13)18-21-15-4-2-3-5-16(15)25-18/h2-5,13-14H,6-12,20H2,1H3,(H,22,24). The van der Waals surface area contributed by atoms with Gasteiger partial charge in [0.05, 0.1) is 5.54 Å². The van der Waals surface area contributed by atoms with Crippen LogP contribution in [0.5, 0.6) is 0 Å². The van der Waals surface area contributed by atoms with E-state index in [0.29, 0.717) is 18.5 Å². The number of nitrogens with one attached hydrogen (secondary N) is 1. The normalized spacial score (nSPS) is 21.3. The van der Waals surface area contributed by atoms with Crippen LogP contribution in [0.2, 0.25) is 0 Å². The molecule has 3 N–H and O–H groups in total. The van der Waals surface area contributed by atoms with E-state index in [1.54, 1.807) is 0 Å². The molecule has 1 atom stereocenters. The molecule has 134 valence electrons. The Balaban J connectivity index is 1.37. The molecule has 1 aliphatic carbocycles. The number of nitrogens with zero attached hydrogens (tertiary/aromatic N) is 2. The van der Waals surface area contributed by atoms with Crippen molar-refractivity contribution in [3.05, 3.63) is 24.3 Å². The summed E-state index contributed by atoms with van der Waals surface area (Å²) in [7, 11) is 0. The van der Waals surface area contributed by atoms with Gasteiger partial charge in [-0.3, -0.25) is 4.79 Å². The number of rotatable bonds is 5. The van der Waals surface area contributed by atoms with Crippen LogP contribution in [0.3, 0.4) is 0 Å². The van der Waals surface area contributed by atoms with E-state index in [1.165, 1.54) is 12.8 Å². The predicted octanol–water partition coefficient (Wildman–Crippen LogP) is 2.29. The smallest absolute Gasteiger partial charge is 0.298 e. The molecule has 1 unspecified atom stereocenters. The minimum Gasteiger partial charge on any atom is -0.423 e. The molecule has 4 rings (SSSR count). The van der Waals surface area contributed by atoms with Crippen LogP contribution in [-0.4, -0.2) is 36.1 Å². The SMILES string of the molecule is CC(CN)(NC(=O)C1CCN(c2nc3ccccc3o2)CC1)C1CC1. The van der Waals surface area contributed by atoms with Gasteiger partial charge in [0.25, 0.3) is 6.01 Å². The first kappa shape index (κ1) is 16.4. The molecule has 1 aromatic heterocycles. The van der Waals surface area contributed by atoms with Gasteiger partial charge >= 0.3 is 0 Å². The molecule has 0 bridgehead atoms. The maximum Gasteiger partial charge on any atom is 0.298 e. The summed E-state index contributed by atoms with van der Waals surface area (Å²) in [6.45, 7) is 4.16. The zero-order valence-electron chi connectivity index (χ0n) is 14.7. The molecule has 2 fully saturated rings. The summed E-state index contributed by atoms with van der Waals surface area (Å²) in [5, 5.41) is 3.23. The number of hydrogen-bond acceptors (Lipinski definition) is 5. The second kappa shape index (κ2) is 6.33. The lowest BCUT2D eigenvalue weighted by atomic mass is 9.91. The molecular formula is C19H26N4O2. The number of anilines is 1. The number of carbonyl (C=O) groups excluding carboxylic acids is 1. The van der Waals surface area contributed by atoms with Crippen molar-refractivity contribution in [2.45, 2.75) is 38.1 Å². The van der Waals surface area contributed by atoms with Crippen LogP contribution in [0.15, 0.2) is 28.7 Å².